The Hall–Kier alpha value is -4.72. The van der Waals surface area contributed by atoms with Crippen LogP contribution in [0.2, 0.25) is 0 Å². The van der Waals surface area contributed by atoms with Gasteiger partial charge < -0.3 is 14.2 Å². The SMILES string of the molecule is C/C=C1/SC(=O)N(C(C)=O)C1=O.C/C=C1/SC(=O)N(OC(C)=O)C1=O.C/C=C1/SC(=S)N(C(C)=O)C1=O.C/C=C1/SC(=S)N(C(C)=O)C1=S.C/C=C1/SC(=S)N(OC(C)=O)C1=S.C/C=c1\c(=O)s/c(=C2/SC(=S)N(C)C2=O)n1C. The molecule has 422 valence electrons. The molecule has 79 heavy (non-hydrogen) atoms. The highest BCUT2D eigenvalue weighted by Gasteiger charge is 2.39. The number of carbonyl (C=O) groups excluding carboxylic acids is 11. The van der Waals surface area contributed by atoms with E-state index < -0.39 is 40.1 Å². The predicted molar refractivity (Wildman–Crippen MR) is 336 cm³/mol. The van der Waals surface area contributed by atoms with Crippen LogP contribution >= 0.6 is 155 Å². The number of allylic oxidation sites excluding steroid dienone is 5. The first-order chi connectivity index (χ1) is 36.8. The van der Waals surface area contributed by atoms with Crippen molar-refractivity contribution >= 4 is 257 Å². The maximum absolute atomic E-state index is 11.9. The van der Waals surface area contributed by atoms with Crippen LogP contribution in [0.1, 0.15) is 76.2 Å². The monoisotopic (exact) mass is 1320 g/mol. The summed E-state index contributed by atoms with van der Waals surface area (Å²) in [7, 11) is 3.42. The Morgan fingerprint density at radius 1 is 0.430 bits per heavy atom. The molecular formula is C45H45N7O14S13. The van der Waals surface area contributed by atoms with Gasteiger partial charge >= 0.3 is 23.1 Å². The van der Waals surface area contributed by atoms with E-state index in [4.69, 9.17) is 78.1 Å². The van der Waals surface area contributed by atoms with Gasteiger partial charge in [0.25, 0.3) is 27.7 Å². The van der Waals surface area contributed by atoms with Crippen LogP contribution in [0.15, 0.2) is 59.7 Å². The first kappa shape index (κ1) is 70.4. The van der Waals surface area contributed by atoms with E-state index >= 15 is 0 Å². The van der Waals surface area contributed by atoms with Crippen molar-refractivity contribution in [2.24, 2.45) is 7.05 Å². The van der Waals surface area contributed by atoms with E-state index in [1.165, 1.54) is 90.0 Å². The van der Waals surface area contributed by atoms with Crippen LogP contribution in [0.25, 0.3) is 11.0 Å². The number of imide groups is 5. The molecule has 7 heterocycles. The molecule has 0 spiro atoms. The molecule has 21 nitrogen and oxygen atoms in total. The summed E-state index contributed by atoms with van der Waals surface area (Å²) in [5, 5.41) is 1.16. The molecule has 9 amide bonds. The van der Waals surface area contributed by atoms with Gasteiger partial charge in [0, 0.05) is 58.5 Å². The highest BCUT2D eigenvalue weighted by molar-refractivity contribution is 8.30. The molecule has 0 aliphatic carbocycles. The van der Waals surface area contributed by atoms with Crippen LogP contribution in [0.4, 0.5) is 9.59 Å². The molecule has 1 aromatic heterocycles. The van der Waals surface area contributed by atoms with Gasteiger partial charge in [0.2, 0.25) is 17.7 Å². The molecule has 6 aliphatic rings. The minimum Gasteiger partial charge on any atom is -0.334 e. The van der Waals surface area contributed by atoms with E-state index in [1.807, 2.05) is 26.0 Å². The predicted octanol–water partition coefficient (Wildman–Crippen LogP) is 7.47. The summed E-state index contributed by atoms with van der Waals surface area (Å²) in [6.45, 7) is 17.0. The van der Waals surface area contributed by atoms with Crippen molar-refractivity contribution in [3.63, 3.8) is 0 Å². The van der Waals surface area contributed by atoms with Gasteiger partial charge in [-0.25, -0.2) is 19.4 Å². The first-order valence-electron chi connectivity index (χ1n) is 21.7. The minimum atomic E-state index is -0.695. The second-order valence-corrected chi connectivity index (χ2v) is 24.8. The molecule has 0 N–H and O–H groups in total. The van der Waals surface area contributed by atoms with Gasteiger partial charge in [-0.15, -0.1) is 5.06 Å². The molecule has 0 bridgehead atoms. The maximum Gasteiger partial charge on any atom is 0.330 e. The normalized spacial score (nSPS) is 20.5. The number of thioether (sulfide) groups is 6. The fourth-order valence-electron chi connectivity index (χ4n) is 5.53. The minimum absolute atomic E-state index is 0.0358. The summed E-state index contributed by atoms with van der Waals surface area (Å²) in [5.74, 6) is -3.65. The second-order valence-electron chi connectivity index (χ2n) is 14.4. The van der Waals surface area contributed by atoms with E-state index in [-0.39, 0.29) is 33.3 Å². The van der Waals surface area contributed by atoms with Gasteiger partial charge in [-0.2, -0.15) is 0 Å². The van der Waals surface area contributed by atoms with Gasteiger partial charge in [-0.3, -0.25) is 57.7 Å². The van der Waals surface area contributed by atoms with Gasteiger partial charge in [0.1, 0.15) is 18.9 Å². The van der Waals surface area contributed by atoms with Gasteiger partial charge in [0.05, 0.1) is 20.1 Å². The number of hydrogen-bond donors (Lipinski definition) is 0. The van der Waals surface area contributed by atoms with Crippen LogP contribution in [0.3, 0.4) is 0 Å². The number of amides is 9. The Kier molecular flexibility index (Phi) is 28.6. The highest BCUT2D eigenvalue weighted by atomic mass is 32.2. The van der Waals surface area contributed by atoms with Crippen LogP contribution in [0.5, 0.6) is 0 Å². The van der Waals surface area contributed by atoms with E-state index in [2.05, 4.69) is 4.84 Å². The first-order valence-corrected chi connectivity index (χ1v) is 29.9. The molecule has 7 rings (SSSR count). The quantitative estimate of drug-likeness (QED) is 0.206. The summed E-state index contributed by atoms with van der Waals surface area (Å²) in [5.41, 5.74) is 0. The molecular weight excluding hydrogens is 1280 g/mol. The largest absolute Gasteiger partial charge is 0.334 e. The topological polar surface area (TPSA) is 248 Å². The Morgan fingerprint density at radius 2 is 0.835 bits per heavy atom. The number of thiocarbonyl (C=S) groups is 6. The van der Waals surface area contributed by atoms with E-state index in [1.54, 1.807) is 58.5 Å². The lowest BCUT2D eigenvalue weighted by atomic mass is 10.4. The summed E-state index contributed by atoms with van der Waals surface area (Å²) in [4.78, 5) is 151. The number of aromatic nitrogens is 1. The number of carbonyl (C=O) groups is 11. The van der Waals surface area contributed by atoms with Crippen molar-refractivity contribution in [1.82, 2.24) is 34.3 Å². The van der Waals surface area contributed by atoms with Crippen LogP contribution in [0, 0.1) is 0 Å². The van der Waals surface area contributed by atoms with Crippen LogP contribution in [-0.4, -0.2) is 132 Å². The fraction of sp³-hybridized carbons (Fsp3) is 0.289. The van der Waals surface area contributed by atoms with Gasteiger partial charge in [-0.05, 0) is 77.3 Å². The van der Waals surface area contributed by atoms with E-state index in [0.717, 1.165) is 68.3 Å². The molecule has 1 aromatic rings. The molecule has 34 heteroatoms. The average molecular weight is 1320 g/mol. The summed E-state index contributed by atoms with van der Waals surface area (Å²) in [6, 6.07) is 0. The van der Waals surface area contributed by atoms with Crippen molar-refractivity contribution in [3.8, 4) is 0 Å². The zero-order valence-electron chi connectivity index (χ0n) is 43.6. The van der Waals surface area contributed by atoms with E-state index in [0.29, 0.717) is 61.9 Å². The molecule has 0 aromatic carbocycles. The average Bonchev–Trinajstić information content (AvgIpc) is 4.23. The maximum atomic E-state index is 11.9. The second kappa shape index (κ2) is 32.1. The Balaban J connectivity index is 0.000000326. The summed E-state index contributed by atoms with van der Waals surface area (Å²) >= 11 is 37.6. The molecule has 6 saturated heterocycles. The molecule has 0 saturated carbocycles. The Morgan fingerprint density at radius 3 is 1.16 bits per heavy atom. The molecule has 6 fully saturated rings. The standard InChI is InChI=1S/C10H10N2O2S3.C7H7NO4S.C7H7NO3S.C7H7NO2S3.C7H7NO2S2.C7H7NOS3/c1-4-5-9(14)17-8(11(5)2)6-7(13)12(3)10(15)16-6;1-3-5-6(10)8(7(11)13-5)12-4(2)9;1-3-5-6(10)8(4(2)9)7(11)12-5;1-3-5-6(11)8(7(12)13-5)10-4(2)9;2*1-3-5-6(10)8(4(2)9)7(11)12-5/h4H,1-3H3;3H,1-2H3;3H,1-2H3;3H,1-2H3;2*3H,1-2H3/b5-4+,8-6+;5*5-3+. The summed E-state index contributed by atoms with van der Waals surface area (Å²) in [6.07, 6.45) is 10.1. The third kappa shape index (κ3) is 18.1. The van der Waals surface area contributed by atoms with Crippen LogP contribution < -0.4 is 14.8 Å². The number of rotatable bonds is 2. The number of hydroxylamine groups is 4. The number of hydrogen-bond acceptors (Lipinski definition) is 27. The Labute approximate surface area is 514 Å². The molecule has 0 atom stereocenters. The molecule has 6 aliphatic heterocycles. The lowest BCUT2D eigenvalue weighted by molar-refractivity contribution is -0.178. The number of nitrogens with zero attached hydrogens (tertiary/aromatic N) is 7. The van der Waals surface area contributed by atoms with Crippen molar-refractivity contribution in [1.29, 1.82) is 0 Å². The smallest absolute Gasteiger partial charge is 0.330 e. The van der Waals surface area contributed by atoms with Crippen LogP contribution in [-0.2, 0) is 59.9 Å². The van der Waals surface area contributed by atoms with Gasteiger partial charge in [-0.1, -0.05) is 161 Å². The van der Waals surface area contributed by atoms with Crippen molar-refractivity contribution < 1.29 is 62.4 Å². The van der Waals surface area contributed by atoms with Crippen molar-refractivity contribution in [3.05, 3.63) is 74.5 Å². The fourth-order valence-corrected chi connectivity index (χ4v) is 14.1. The van der Waals surface area contributed by atoms with Gasteiger partial charge in [0.15, 0.2) is 18.0 Å². The van der Waals surface area contributed by atoms with Crippen molar-refractivity contribution in [2.45, 2.75) is 76.2 Å². The third-order valence-corrected chi connectivity index (χ3v) is 19.1. The Bertz CT molecular complexity index is 3060. The third-order valence-electron chi connectivity index (χ3n) is 9.09. The van der Waals surface area contributed by atoms with Crippen molar-refractivity contribution in [2.75, 3.05) is 7.05 Å². The lowest BCUT2D eigenvalue weighted by Crippen LogP contribution is -2.32. The zero-order valence-corrected chi connectivity index (χ0v) is 54.2. The lowest BCUT2D eigenvalue weighted by Gasteiger charge is -2.13. The number of thiazole rings is 1. The summed E-state index contributed by atoms with van der Waals surface area (Å²) < 4.78 is 4.20. The molecule has 0 unspecified atom stereocenters. The zero-order chi connectivity index (χ0) is 60.7. The van der Waals surface area contributed by atoms with E-state index in [9.17, 15) is 57.5 Å². The molecule has 0 radical (unpaired) electrons. The highest BCUT2D eigenvalue weighted by Crippen LogP contribution is 2.35.